The molecule has 2 bridgehead atoms. The molecule has 5 aliphatic heterocycles. The maximum Gasteiger partial charge on any atom is 0.255 e. The molecule has 0 aliphatic carbocycles. The molecule has 1 aromatic rings. The number of piperidine rings is 1. The van der Waals surface area contributed by atoms with Gasteiger partial charge in [-0.05, 0) is 12.1 Å². The van der Waals surface area contributed by atoms with Gasteiger partial charge in [0.15, 0.2) is 0 Å². The lowest BCUT2D eigenvalue weighted by molar-refractivity contribution is -0.144. The molecular formula is C22H24N4O4. The number of hydrogen-bond acceptors (Lipinski definition) is 5. The van der Waals surface area contributed by atoms with Crippen LogP contribution in [0.25, 0.3) is 0 Å². The third-order valence-electron chi connectivity index (χ3n) is 7.40. The molecule has 3 amide bonds. The molecule has 8 nitrogen and oxygen atoms in total. The summed E-state index contributed by atoms with van der Waals surface area (Å²) in [5.41, 5.74) is 0.282. The Morgan fingerprint density at radius 1 is 1.17 bits per heavy atom. The highest BCUT2D eigenvalue weighted by atomic mass is 16.5. The lowest BCUT2D eigenvalue weighted by atomic mass is 9.76. The number of likely N-dealkylation sites (tertiary alicyclic amines) is 2. The second-order valence-corrected chi connectivity index (χ2v) is 9.13. The van der Waals surface area contributed by atoms with Crippen LogP contribution in [0.15, 0.2) is 36.4 Å². The summed E-state index contributed by atoms with van der Waals surface area (Å²) in [4.78, 5) is 42.3. The number of ether oxygens (including phenoxy) is 1. The number of anilines is 1. The summed E-state index contributed by atoms with van der Waals surface area (Å²) in [6, 6.07) is 7.47. The van der Waals surface area contributed by atoms with Crippen molar-refractivity contribution in [1.29, 1.82) is 0 Å². The van der Waals surface area contributed by atoms with Gasteiger partial charge in [0.05, 0.1) is 30.0 Å². The fraction of sp³-hybridized carbons (Fsp3) is 0.500. The number of para-hydroxylation sites is 1. The lowest BCUT2D eigenvalue weighted by Gasteiger charge is -2.46. The van der Waals surface area contributed by atoms with E-state index in [2.05, 4.69) is 10.6 Å². The standard InChI is InChI=1S/C22H24N4O4/c1-25-12-21-7-6-15(30-21)16(17(21)20(25)29)19(28)26-10-8-22(9-11-26)23-14-5-3-2-4-13(14)18(27)24-22/h2-7,15-17,23H,8-12H2,1H3,(H,24,27)/t15-,16-,17-,21-/m1/s1. The summed E-state index contributed by atoms with van der Waals surface area (Å²) in [5, 5.41) is 6.59. The summed E-state index contributed by atoms with van der Waals surface area (Å²) in [6.07, 6.45) is 4.80. The van der Waals surface area contributed by atoms with E-state index in [0.29, 0.717) is 38.0 Å². The van der Waals surface area contributed by atoms with E-state index in [4.69, 9.17) is 4.74 Å². The molecule has 4 atom stereocenters. The molecule has 5 heterocycles. The number of nitrogens with one attached hydrogen (secondary N) is 2. The van der Waals surface area contributed by atoms with E-state index in [9.17, 15) is 14.4 Å². The number of rotatable bonds is 1. The minimum Gasteiger partial charge on any atom is -0.362 e. The van der Waals surface area contributed by atoms with Crippen molar-refractivity contribution < 1.29 is 19.1 Å². The Hall–Kier alpha value is -2.87. The van der Waals surface area contributed by atoms with Crippen molar-refractivity contribution in [1.82, 2.24) is 15.1 Å². The van der Waals surface area contributed by atoms with Gasteiger partial charge in [-0.2, -0.15) is 0 Å². The van der Waals surface area contributed by atoms with E-state index < -0.39 is 23.1 Å². The van der Waals surface area contributed by atoms with Crippen LogP contribution in [0, 0.1) is 11.8 Å². The van der Waals surface area contributed by atoms with Crippen molar-refractivity contribution in [2.24, 2.45) is 11.8 Å². The molecular weight excluding hydrogens is 384 g/mol. The number of hydrogen-bond donors (Lipinski definition) is 2. The first kappa shape index (κ1) is 17.9. The number of benzene rings is 1. The summed E-state index contributed by atoms with van der Waals surface area (Å²) in [7, 11) is 1.77. The van der Waals surface area contributed by atoms with Crippen LogP contribution in [-0.2, 0) is 14.3 Å². The van der Waals surface area contributed by atoms with Crippen LogP contribution in [0.3, 0.4) is 0 Å². The van der Waals surface area contributed by atoms with E-state index in [1.807, 2.05) is 35.3 Å². The highest BCUT2D eigenvalue weighted by Crippen LogP contribution is 2.52. The van der Waals surface area contributed by atoms with E-state index in [0.717, 1.165) is 5.69 Å². The quantitative estimate of drug-likeness (QED) is 0.663. The normalized spacial score (nSPS) is 35.3. The Kier molecular flexibility index (Phi) is 3.50. The molecule has 5 aliphatic rings. The van der Waals surface area contributed by atoms with Gasteiger partial charge in [0.1, 0.15) is 11.3 Å². The monoisotopic (exact) mass is 408 g/mol. The van der Waals surface area contributed by atoms with Crippen molar-refractivity contribution in [3.8, 4) is 0 Å². The second-order valence-electron chi connectivity index (χ2n) is 9.13. The molecule has 8 heteroatoms. The maximum absolute atomic E-state index is 13.4. The van der Waals surface area contributed by atoms with Gasteiger partial charge in [0.2, 0.25) is 11.8 Å². The zero-order valence-electron chi connectivity index (χ0n) is 16.8. The first-order valence-corrected chi connectivity index (χ1v) is 10.5. The molecule has 2 spiro atoms. The van der Waals surface area contributed by atoms with E-state index >= 15 is 0 Å². The predicted octanol–water partition coefficient (Wildman–Crippen LogP) is 0.572. The average molecular weight is 408 g/mol. The number of likely N-dealkylation sites (N-methyl/N-ethyl adjacent to an activating group) is 1. The predicted molar refractivity (Wildman–Crippen MR) is 107 cm³/mol. The Bertz CT molecular complexity index is 999. The van der Waals surface area contributed by atoms with Crippen LogP contribution in [-0.4, -0.2) is 71.6 Å². The van der Waals surface area contributed by atoms with E-state index in [-0.39, 0.29) is 23.8 Å². The van der Waals surface area contributed by atoms with Crippen molar-refractivity contribution in [3.05, 3.63) is 42.0 Å². The topological polar surface area (TPSA) is 91.0 Å². The molecule has 0 radical (unpaired) electrons. The maximum atomic E-state index is 13.4. The van der Waals surface area contributed by atoms with Gasteiger partial charge < -0.3 is 25.2 Å². The van der Waals surface area contributed by atoms with Crippen LogP contribution in [0.5, 0.6) is 0 Å². The third-order valence-corrected chi connectivity index (χ3v) is 7.40. The number of carbonyl (C=O) groups is 3. The zero-order chi connectivity index (χ0) is 20.7. The zero-order valence-corrected chi connectivity index (χ0v) is 16.8. The SMILES string of the molecule is CN1C[C@@]23C=C[C@@H](O2)[C@@H](C(=O)N2CCC4(CC2)NC(=O)c2ccccc2N4)[C@@H]3C1=O. The molecule has 3 saturated heterocycles. The Morgan fingerprint density at radius 2 is 1.93 bits per heavy atom. The van der Waals surface area contributed by atoms with Crippen LogP contribution >= 0.6 is 0 Å². The van der Waals surface area contributed by atoms with Crippen molar-refractivity contribution >= 4 is 23.4 Å². The molecule has 30 heavy (non-hydrogen) atoms. The number of fused-ring (bicyclic) bond motifs is 2. The van der Waals surface area contributed by atoms with Crippen LogP contribution in [0.4, 0.5) is 5.69 Å². The number of amides is 3. The van der Waals surface area contributed by atoms with E-state index in [1.165, 1.54) is 0 Å². The summed E-state index contributed by atoms with van der Waals surface area (Å²) in [6.45, 7) is 1.54. The van der Waals surface area contributed by atoms with Gasteiger partial charge in [-0.1, -0.05) is 24.3 Å². The van der Waals surface area contributed by atoms with Gasteiger partial charge >= 0.3 is 0 Å². The Labute approximate surface area is 174 Å². The number of nitrogens with zero attached hydrogens (tertiary/aromatic N) is 2. The van der Waals surface area contributed by atoms with Gasteiger partial charge in [0, 0.05) is 38.7 Å². The fourth-order valence-corrected chi connectivity index (χ4v) is 5.91. The first-order chi connectivity index (χ1) is 14.4. The molecule has 6 rings (SSSR count). The van der Waals surface area contributed by atoms with E-state index in [1.54, 1.807) is 18.0 Å². The Balaban J connectivity index is 1.19. The summed E-state index contributed by atoms with van der Waals surface area (Å²) < 4.78 is 6.12. The lowest BCUT2D eigenvalue weighted by Crippen LogP contribution is -2.63. The second kappa shape index (κ2) is 5.85. The molecule has 3 fully saturated rings. The van der Waals surface area contributed by atoms with Crippen LogP contribution in [0.1, 0.15) is 23.2 Å². The first-order valence-electron chi connectivity index (χ1n) is 10.5. The minimum absolute atomic E-state index is 0.00787. The third kappa shape index (κ3) is 2.28. The molecule has 0 aromatic heterocycles. The van der Waals surface area contributed by atoms with Crippen LogP contribution in [0.2, 0.25) is 0 Å². The highest BCUT2D eigenvalue weighted by molar-refractivity contribution is 6.02. The molecule has 2 N–H and O–H groups in total. The molecule has 1 aromatic carbocycles. The van der Waals surface area contributed by atoms with Gasteiger partial charge in [-0.15, -0.1) is 0 Å². The van der Waals surface area contributed by atoms with Crippen LogP contribution < -0.4 is 10.6 Å². The largest absolute Gasteiger partial charge is 0.362 e. The van der Waals surface area contributed by atoms with Crippen molar-refractivity contribution in [2.45, 2.75) is 30.2 Å². The fourth-order valence-electron chi connectivity index (χ4n) is 5.91. The van der Waals surface area contributed by atoms with Crippen molar-refractivity contribution in [3.63, 3.8) is 0 Å². The smallest absolute Gasteiger partial charge is 0.255 e. The minimum atomic E-state index is -0.642. The highest BCUT2D eigenvalue weighted by Gasteiger charge is 2.66. The molecule has 0 saturated carbocycles. The molecule has 156 valence electrons. The van der Waals surface area contributed by atoms with Crippen molar-refractivity contribution in [2.75, 3.05) is 32.0 Å². The summed E-state index contributed by atoms with van der Waals surface area (Å²) in [5.74, 6) is -1.00. The number of carbonyl (C=O) groups excluding carboxylic acids is 3. The summed E-state index contributed by atoms with van der Waals surface area (Å²) >= 11 is 0. The van der Waals surface area contributed by atoms with Gasteiger partial charge in [0.25, 0.3) is 5.91 Å². The average Bonchev–Trinajstić information content (AvgIpc) is 3.36. The van der Waals surface area contributed by atoms with Gasteiger partial charge in [-0.25, -0.2) is 0 Å². The van der Waals surface area contributed by atoms with Gasteiger partial charge in [-0.3, -0.25) is 14.4 Å². The Morgan fingerprint density at radius 3 is 2.73 bits per heavy atom. The molecule has 0 unspecified atom stereocenters.